The van der Waals surface area contributed by atoms with E-state index in [1.165, 1.54) is 0 Å². The highest BCUT2D eigenvalue weighted by atomic mass is 16.5. The highest BCUT2D eigenvalue weighted by Gasteiger charge is 2.05. The van der Waals surface area contributed by atoms with E-state index in [1.54, 1.807) is 25.3 Å². The van der Waals surface area contributed by atoms with E-state index in [4.69, 9.17) is 4.74 Å². The fourth-order valence-corrected chi connectivity index (χ4v) is 1.05. The molecule has 0 N–H and O–H groups in total. The maximum atomic E-state index is 11.3. The molecule has 1 rings (SSSR count). The van der Waals surface area contributed by atoms with Gasteiger partial charge >= 0.3 is 5.97 Å². The minimum atomic E-state index is -0.305. The van der Waals surface area contributed by atoms with Gasteiger partial charge in [0, 0.05) is 6.20 Å². The maximum Gasteiger partial charge on any atom is 0.338 e. The van der Waals surface area contributed by atoms with Crippen LogP contribution in [0, 0.1) is 0 Å². The molecule has 1 heterocycles. The summed E-state index contributed by atoms with van der Waals surface area (Å²) >= 11 is 0. The average molecular weight is 191 g/mol. The third-order valence-corrected chi connectivity index (χ3v) is 1.63. The van der Waals surface area contributed by atoms with Crippen LogP contribution >= 0.6 is 0 Å². The monoisotopic (exact) mass is 191 g/mol. The van der Waals surface area contributed by atoms with Crippen molar-refractivity contribution in [2.45, 2.75) is 13.8 Å². The molecule has 0 aromatic carbocycles. The number of esters is 1. The first-order valence-electron chi connectivity index (χ1n) is 4.53. The van der Waals surface area contributed by atoms with Crippen molar-refractivity contribution in [1.82, 2.24) is 4.98 Å². The van der Waals surface area contributed by atoms with Crippen LogP contribution in [-0.2, 0) is 4.74 Å². The summed E-state index contributed by atoms with van der Waals surface area (Å²) in [7, 11) is 0. The first-order valence-corrected chi connectivity index (χ1v) is 4.53. The number of ether oxygens (including phenoxy) is 1. The zero-order chi connectivity index (χ0) is 10.4. The van der Waals surface area contributed by atoms with Gasteiger partial charge in [0.2, 0.25) is 0 Å². The second-order valence-corrected chi connectivity index (χ2v) is 2.69. The van der Waals surface area contributed by atoms with Crippen LogP contribution in [0.25, 0.3) is 6.08 Å². The van der Waals surface area contributed by atoms with Gasteiger partial charge < -0.3 is 4.74 Å². The van der Waals surface area contributed by atoms with E-state index < -0.39 is 0 Å². The van der Waals surface area contributed by atoms with E-state index in [9.17, 15) is 4.79 Å². The Morgan fingerprint density at radius 3 is 3.07 bits per heavy atom. The molecule has 1 aromatic heterocycles. The summed E-state index contributed by atoms with van der Waals surface area (Å²) in [5.41, 5.74) is 1.30. The Kier molecular flexibility index (Phi) is 3.85. The van der Waals surface area contributed by atoms with E-state index >= 15 is 0 Å². The molecule has 0 fully saturated rings. The molecule has 0 atom stereocenters. The van der Waals surface area contributed by atoms with Gasteiger partial charge in [-0.05, 0) is 32.1 Å². The molecule has 0 aliphatic heterocycles. The number of rotatable bonds is 3. The van der Waals surface area contributed by atoms with Crippen molar-refractivity contribution in [3.8, 4) is 0 Å². The van der Waals surface area contributed by atoms with Crippen LogP contribution in [0.2, 0.25) is 0 Å². The number of nitrogens with zero attached hydrogens (tertiary/aromatic N) is 1. The molecule has 1 aromatic rings. The van der Waals surface area contributed by atoms with Crippen molar-refractivity contribution < 1.29 is 9.53 Å². The molecule has 0 saturated carbocycles. The molecule has 0 aliphatic rings. The summed E-state index contributed by atoms with van der Waals surface area (Å²) < 4.78 is 4.87. The summed E-state index contributed by atoms with van der Waals surface area (Å²) in [5, 5.41) is 0. The van der Waals surface area contributed by atoms with Crippen LogP contribution in [0.5, 0.6) is 0 Å². The lowest BCUT2D eigenvalue weighted by Gasteiger charge is -2.01. The summed E-state index contributed by atoms with van der Waals surface area (Å²) in [6.07, 6.45) is 5.31. The van der Waals surface area contributed by atoms with Gasteiger partial charge in [0.05, 0.1) is 17.9 Å². The lowest BCUT2D eigenvalue weighted by Crippen LogP contribution is -2.04. The Morgan fingerprint density at radius 1 is 1.64 bits per heavy atom. The molecule has 3 nitrogen and oxygen atoms in total. The van der Waals surface area contributed by atoms with Gasteiger partial charge in [-0.3, -0.25) is 4.98 Å². The zero-order valence-corrected chi connectivity index (χ0v) is 8.36. The fourth-order valence-electron chi connectivity index (χ4n) is 1.05. The third-order valence-electron chi connectivity index (χ3n) is 1.63. The Morgan fingerprint density at radius 2 is 2.43 bits per heavy atom. The smallest absolute Gasteiger partial charge is 0.338 e. The van der Waals surface area contributed by atoms with E-state index in [0.717, 1.165) is 5.69 Å². The molecule has 0 unspecified atom stereocenters. The van der Waals surface area contributed by atoms with Gasteiger partial charge in [-0.2, -0.15) is 0 Å². The molecular weight excluding hydrogens is 178 g/mol. The van der Waals surface area contributed by atoms with Crippen molar-refractivity contribution in [1.29, 1.82) is 0 Å². The van der Waals surface area contributed by atoms with Crippen molar-refractivity contribution in [2.24, 2.45) is 0 Å². The van der Waals surface area contributed by atoms with Gasteiger partial charge in [-0.25, -0.2) is 4.79 Å². The normalized spacial score (nSPS) is 10.4. The zero-order valence-electron chi connectivity index (χ0n) is 8.36. The lowest BCUT2D eigenvalue weighted by atomic mass is 10.2. The van der Waals surface area contributed by atoms with Crippen molar-refractivity contribution >= 4 is 12.0 Å². The number of pyridine rings is 1. The number of allylic oxidation sites excluding steroid dienone is 1. The average Bonchev–Trinajstić information content (AvgIpc) is 2.19. The summed E-state index contributed by atoms with van der Waals surface area (Å²) in [6.45, 7) is 4.07. The van der Waals surface area contributed by atoms with Crippen molar-refractivity contribution in [2.75, 3.05) is 6.61 Å². The van der Waals surface area contributed by atoms with Crippen LogP contribution in [0.3, 0.4) is 0 Å². The number of carbonyl (C=O) groups is 1. The Labute approximate surface area is 83.4 Å². The molecule has 0 amide bonds. The number of hydrogen-bond donors (Lipinski definition) is 0. The van der Waals surface area contributed by atoms with Gasteiger partial charge in [0.15, 0.2) is 0 Å². The third kappa shape index (κ3) is 2.69. The molecule has 74 valence electrons. The summed E-state index contributed by atoms with van der Waals surface area (Å²) in [6, 6.07) is 3.35. The van der Waals surface area contributed by atoms with E-state index in [-0.39, 0.29) is 5.97 Å². The predicted molar refractivity (Wildman–Crippen MR) is 54.9 cm³/mol. The molecule has 14 heavy (non-hydrogen) atoms. The lowest BCUT2D eigenvalue weighted by molar-refractivity contribution is 0.0526. The Balaban J connectivity index is 2.87. The number of carbonyl (C=O) groups excluding carboxylic acids is 1. The van der Waals surface area contributed by atoms with Gasteiger partial charge in [0.1, 0.15) is 0 Å². The van der Waals surface area contributed by atoms with E-state index in [0.29, 0.717) is 12.2 Å². The fraction of sp³-hybridized carbons (Fsp3) is 0.273. The summed E-state index contributed by atoms with van der Waals surface area (Å²) in [4.78, 5) is 15.4. The standard InChI is InChI=1S/C11H13NO2/c1-3-5-10-8-9(6-7-12-10)11(13)14-4-2/h3,5-8H,4H2,1-2H3/b5-3+. The quantitative estimate of drug-likeness (QED) is 0.688. The SMILES string of the molecule is C/C=C/c1cc(C(=O)OCC)ccn1. The van der Waals surface area contributed by atoms with Gasteiger partial charge in [-0.15, -0.1) is 0 Å². The van der Waals surface area contributed by atoms with Crippen LogP contribution in [0.15, 0.2) is 24.4 Å². The predicted octanol–water partition coefficient (Wildman–Crippen LogP) is 2.29. The van der Waals surface area contributed by atoms with Crippen LogP contribution in [0.1, 0.15) is 29.9 Å². The molecule has 0 spiro atoms. The molecule has 3 heteroatoms. The molecule has 0 saturated heterocycles. The molecule has 0 bridgehead atoms. The Bertz CT molecular complexity index is 345. The largest absolute Gasteiger partial charge is 0.462 e. The van der Waals surface area contributed by atoms with Crippen LogP contribution in [0.4, 0.5) is 0 Å². The first kappa shape index (κ1) is 10.4. The topological polar surface area (TPSA) is 39.2 Å². The van der Waals surface area contributed by atoms with Crippen LogP contribution in [-0.4, -0.2) is 17.6 Å². The molecule has 0 aliphatic carbocycles. The minimum absolute atomic E-state index is 0.305. The number of hydrogen-bond acceptors (Lipinski definition) is 3. The van der Waals surface area contributed by atoms with Crippen LogP contribution < -0.4 is 0 Å². The van der Waals surface area contributed by atoms with E-state index in [1.807, 2.05) is 19.1 Å². The second kappa shape index (κ2) is 5.17. The Hall–Kier alpha value is -1.64. The first-order chi connectivity index (χ1) is 6.77. The molecular formula is C11H13NO2. The highest BCUT2D eigenvalue weighted by Crippen LogP contribution is 2.05. The highest BCUT2D eigenvalue weighted by molar-refractivity contribution is 5.89. The van der Waals surface area contributed by atoms with E-state index in [2.05, 4.69) is 4.98 Å². The maximum absolute atomic E-state index is 11.3. The van der Waals surface area contributed by atoms with Gasteiger partial charge in [-0.1, -0.05) is 6.08 Å². The second-order valence-electron chi connectivity index (χ2n) is 2.69. The van der Waals surface area contributed by atoms with Crippen molar-refractivity contribution in [3.05, 3.63) is 35.7 Å². The number of aromatic nitrogens is 1. The molecule has 0 radical (unpaired) electrons. The van der Waals surface area contributed by atoms with Gasteiger partial charge in [0.25, 0.3) is 0 Å². The minimum Gasteiger partial charge on any atom is -0.462 e. The van der Waals surface area contributed by atoms with Crippen molar-refractivity contribution in [3.63, 3.8) is 0 Å². The summed E-state index contributed by atoms with van der Waals surface area (Å²) in [5.74, 6) is -0.305.